The zero-order valence-corrected chi connectivity index (χ0v) is 10.9. The highest BCUT2D eigenvalue weighted by molar-refractivity contribution is 7.97. The first-order valence-corrected chi connectivity index (χ1v) is 5.88. The average molecular weight is 211 g/mol. The van der Waals surface area contributed by atoms with Crippen LogP contribution in [0, 0.1) is 20.8 Å². The van der Waals surface area contributed by atoms with Crippen LogP contribution < -0.4 is 4.72 Å². The van der Waals surface area contributed by atoms with Gasteiger partial charge in [-0.1, -0.05) is 31.5 Å². The highest BCUT2D eigenvalue weighted by Gasteiger charge is 2.02. The monoisotopic (exact) mass is 211 g/mol. The van der Waals surface area contributed by atoms with Crippen molar-refractivity contribution < 1.29 is 0 Å². The van der Waals surface area contributed by atoms with Crippen LogP contribution in [-0.2, 0) is 0 Å². The Kier molecular flexibility index (Phi) is 6.67. The van der Waals surface area contributed by atoms with Gasteiger partial charge in [-0.2, -0.15) is 0 Å². The molecule has 0 aliphatic rings. The summed E-state index contributed by atoms with van der Waals surface area (Å²) < 4.78 is 3.10. The molecule has 0 amide bonds. The zero-order valence-electron chi connectivity index (χ0n) is 10.1. The van der Waals surface area contributed by atoms with Crippen LogP contribution in [-0.4, -0.2) is 7.05 Å². The summed E-state index contributed by atoms with van der Waals surface area (Å²) in [5.74, 6) is 0. The SMILES string of the molecule is CC.CNSc1c(C)cc(C)cc1C. The lowest BCUT2D eigenvalue weighted by molar-refractivity contribution is 1.17. The van der Waals surface area contributed by atoms with E-state index in [1.54, 1.807) is 11.9 Å². The Morgan fingerprint density at radius 3 is 1.79 bits per heavy atom. The van der Waals surface area contributed by atoms with Crippen LogP contribution in [0.4, 0.5) is 0 Å². The molecule has 0 saturated carbocycles. The van der Waals surface area contributed by atoms with Gasteiger partial charge in [0.05, 0.1) is 0 Å². The first kappa shape index (κ1) is 13.5. The quantitative estimate of drug-likeness (QED) is 0.745. The van der Waals surface area contributed by atoms with Gasteiger partial charge >= 0.3 is 0 Å². The molecule has 0 radical (unpaired) electrons. The number of hydrogen-bond donors (Lipinski definition) is 1. The second-order valence-electron chi connectivity index (χ2n) is 3.03. The van der Waals surface area contributed by atoms with Crippen LogP contribution in [0.15, 0.2) is 17.0 Å². The average Bonchev–Trinajstić information content (AvgIpc) is 2.14. The summed E-state index contributed by atoms with van der Waals surface area (Å²) in [5, 5.41) is 0. The molecule has 80 valence electrons. The fourth-order valence-electron chi connectivity index (χ4n) is 1.43. The van der Waals surface area contributed by atoms with Gasteiger partial charge in [0, 0.05) is 4.90 Å². The number of rotatable bonds is 2. The van der Waals surface area contributed by atoms with Crippen LogP contribution in [0.3, 0.4) is 0 Å². The minimum atomic E-state index is 1.34. The van der Waals surface area contributed by atoms with E-state index >= 15 is 0 Å². The molecule has 1 aromatic rings. The van der Waals surface area contributed by atoms with Crippen LogP contribution in [0.2, 0.25) is 0 Å². The van der Waals surface area contributed by atoms with Gasteiger partial charge in [0.2, 0.25) is 0 Å². The Hall–Kier alpha value is -0.470. The van der Waals surface area contributed by atoms with Gasteiger partial charge in [0.15, 0.2) is 0 Å². The van der Waals surface area contributed by atoms with Crippen molar-refractivity contribution in [2.75, 3.05) is 7.05 Å². The molecule has 0 atom stereocenters. The molecule has 14 heavy (non-hydrogen) atoms. The van der Waals surface area contributed by atoms with E-state index in [2.05, 4.69) is 37.6 Å². The molecule has 0 heterocycles. The first-order valence-electron chi connectivity index (χ1n) is 5.06. The Labute approximate surface area is 92.4 Å². The summed E-state index contributed by atoms with van der Waals surface area (Å²) in [7, 11) is 1.95. The summed E-state index contributed by atoms with van der Waals surface area (Å²) in [6.07, 6.45) is 0. The van der Waals surface area contributed by atoms with Crippen LogP contribution in [0.5, 0.6) is 0 Å². The van der Waals surface area contributed by atoms with Crippen LogP contribution >= 0.6 is 11.9 Å². The molecule has 0 spiro atoms. The van der Waals surface area contributed by atoms with E-state index in [9.17, 15) is 0 Å². The van der Waals surface area contributed by atoms with Crippen molar-refractivity contribution in [1.29, 1.82) is 0 Å². The number of aryl methyl sites for hydroxylation is 3. The molecule has 0 aromatic heterocycles. The van der Waals surface area contributed by atoms with Crippen LogP contribution in [0.25, 0.3) is 0 Å². The van der Waals surface area contributed by atoms with E-state index in [0.717, 1.165) is 0 Å². The lowest BCUT2D eigenvalue weighted by Crippen LogP contribution is -1.95. The lowest BCUT2D eigenvalue weighted by atomic mass is 10.1. The van der Waals surface area contributed by atoms with Crippen molar-refractivity contribution in [3.63, 3.8) is 0 Å². The summed E-state index contributed by atoms with van der Waals surface area (Å²) in [6, 6.07) is 4.43. The van der Waals surface area contributed by atoms with E-state index in [4.69, 9.17) is 0 Å². The Bertz CT molecular complexity index is 259. The third-order valence-electron chi connectivity index (χ3n) is 1.81. The number of hydrogen-bond acceptors (Lipinski definition) is 2. The smallest absolute Gasteiger partial charge is 0.0286 e. The molecule has 1 nitrogen and oxygen atoms in total. The van der Waals surface area contributed by atoms with E-state index in [-0.39, 0.29) is 0 Å². The molecule has 1 N–H and O–H groups in total. The molecule has 0 fully saturated rings. The molecule has 0 bridgehead atoms. The molecular formula is C12H21NS. The molecule has 0 unspecified atom stereocenters. The molecule has 1 rings (SSSR count). The van der Waals surface area contributed by atoms with Crippen molar-refractivity contribution >= 4 is 11.9 Å². The summed E-state index contributed by atoms with van der Waals surface area (Å²) in [5.41, 5.74) is 4.05. The second kappa shape index (κ2) is 6.91. The zero-order chi connectivity index (χ0) is 11.1. The van der Waals surface area contributed by atoms with Crippen molar-refractivity contribution in [2.45, 2.75) is 39.5 Å². The Balaban J connectivity index is 0.000000791. The maximum atomic E-state index is 3.10. The summed E-state index contributed by atoms with van der Waals surface area (Å²) in [4.78, 5) is 1.35. The topological polar surface area (TPSA) is 12.0 Å². The highest BCUT2D eigenvalue weighted by Crippen LogP contribution is 2.24. The van der Waals surface area contributed by atoms with Crippen molar-refractivity contribution in [3.05, 3.63) is 28.8 Å². The van der Waals surface area contributed by atoms with Crippen molar-refractivity contribution in [3.8, 4) is 0 Å². The fraction of sp³-hybridized carbons (Fsp3) is 0.500. The van der Waals surface area contributed by atoms with E-state index in [1.807, 2.05) is 20.9 Å². The summed E-state index contributed by atoms with van der Waals surface area (Å²) in [6.45, 7) is 10.4. The summed E-state index contributed by atoms with van der Waals surface area (Å²) >= 11 is 1.69. The van der Waals surface area contributed by atoms with Crippen molar-refractivity contribution in [1.82, 2.24) is 4.72 Å². The maximum absolute atomic E-state index is 3.10. The van der Waals surface area contributed by atoms with Crippen molar-refractivity contribution in [2.24, 2.45) is 0 Å². The highest BCUT2D eigenvalue weighted by atomic mass is 32.2. The van der Waals surface area contributed by atoms with E-state index < -0.39 is 0 Å². The van der Waals surface area contributed by atoms with Gasteiger partial charge < -0.3 is 0 Å². The van der Waals surface area contributed by atoms with E-state index in [0.29, 0.717) is 0 Å². The number of nitrogens with one attached hydrogen (secondary N) is 1. The van der Waals surface area contributed by atoms with Gasteiger partial charge in [-0.05, 0) is 50.9 Å². The largest absolute Gasteiger partial charge is 0.263 e. The third kappa shape index (κ3) is 3.72. The predicted octanol–water partition coefficient (Wildman–Crippen LogP) is 3.86. The van der Waals surface area contributed by atoms with Gasteiger partial charge in [-0.25, -0.2) is 0 Å². The number of benzene rings is 1. The Morgan fingerprint density at radius 1 is 1.00 bits per heavy atom. The molecule has 2 heteroatoms. The lowest BCUT2D eigenvalue weighted by Gasteiger charge is -2.08. The van der Waals surface area contributed by atoms with Gasteiger partial charge in [-0.15, -0.1) is 0 Å². The maximum Gasteiger partial charge on any atom is 0.0286 e. The second-order valence-corrected chi connectivity index (χ2v) is 4.05. The fourth-order valence-corrected chi connectivity index (χ4v) is 2.07. The minimum absolute atomic E-state index is 1.34. The molecule has 1 aromatic carbocycles. The minimum Gasteiger partial charge on any atom is -0.263 e. The predicted molar refractivity (Wildman–Crippen MR) is 66.9 cm³/mol. The molecule has 0 aliphatic carbocycles. The van der Waals surface area contributed by atoms with Gasteiger partial charge in [0.25, 0.3) is 0 Å². The molecule has 0 aliphatic heterocycles. The normalized spacial score (nSPS) is 9.29. The van der Waals surface area contributed by atoms with Gasteiger partial charge in [-0.3, -0.25) is 4.72 Å². The van der Waals surface area contributed by atoms with Gasteiger partial charge in [0.1, 0.15) is 0 Å². The first-order chi connectivity index (χ1) is 6.65. The molecule has 0 saturated heterocycles. The van der Waals surface area contributed by atoms with Crippen LogP contribution in [0.1, 0.15) is 30.5 Å². The molecular weight excluding hydrogens is 190 g/mol. The van der Waals surface area contributed by atoms with E-state index in [1.165, 1.54) is 21.6 Å². The Morgan fingerprint density at radius 2 is 1.43 bits per heavy atom. The standard InChI is InChI=1S/C10H15NS.C2H6/c1-7-5-8(2)10(12-11-4)9(3)6-7;1-2/h5-6,11H,1-4H3;1-2H3. The third-order valence-corrected chi connectivity index (χ3v) is 2.86.